The number of nitrogens with one attached hydrogen (secondary N) is 2. The second-order valence-electron chi connectivity index (χ2n) is 6.80. The maximum atomic E-state index is 12.8. The van der Waals surface area contributed by atoms with E-state index in [4.69, 9.17) is 9.47 Å². The Balaban J connectivity index is 1.58. The molecule has 4 rings (SSSR count). The van der Waals surface area contributed by atoms with E-state index in [0.29, 0.717) is 28.8 Å². The molecule has 2 aromatic carbocycles. The van der Waals surface area contributed by atoms with Gasteiger partial charge in [-0.2, -0.15) is 0 Å². The monoisotopic (exact) mass is 390 g/mol. The molecule has 1 aromatic heterocycles. The maximum Gasteiger partial charge on any atom is 0.274 e. The zero-order valence-electron chi connectivity index (χ0n) is 16.6. The Kier molecular flexibility index (Phi) is 5.03. The van der Waals surface area contributed by atoms with Crippen LogP contribution in [0.3, 0.4) is 0 Å². The number of anilines is 3. The van der Waals surface area contributed by atoms with Gasteiger partial charge in [0, 0.05) is 23.5 Å². The normalized spacial score (nSPS) is 12.0. The molecular formula is C22H22N4O3. The van der Waals surface area contributed by atoms with Crippen molar-refractivity contribution in [1.82, 2.24) is 9.97 Å². The summed E-state index contributed by atoms with van der Waals surface area (Å²) in [6.45, 7) is 6.10. The van der Waals surface area contributed by atoms with Crippen molar-refractivity contribution >= 4 is 23.1 Å². The summed E-state index contributed by atoms with van der Waals surface area (Å²) in [5, 5.41) is 6.21. The van der Waals surface area contributed by atoms with Gasteiger partial charge in [0.15, 0.2) is 11.5 Å². The Hall–Kier alpha value is -3.61. The smallest absolute Gasteiger partial charge is 0.274 e. The molecule has 0 aliphatic carbocycles. The van der Waals surface area contributed by atoms with Gasteiger partial charge in [-0.15, -0.1) is 0 Å². The van der Waals surface area contributed by atoms with E-state index in [9.17, 15) is 4.79 Å². The van der Waals surface area contributed by atoms with Gasteiger partial charge in [-0.3, -0.25) is 4.79 Å². The molecule has 1 aliphatic rings. The van der Waals surface area contributed by atoms with Crippen molar-refractivity contribution in [3.63, 3.8) is 0 Å². The molecule has 29 heavy (non-hydrogen) atoms. The predicted octanol–water partition coefficient (Wildman–Crippen LogP) is 4.38. The van der Waals surface area contributed by atoms with Crippen molar-refractivity contribution in [2.75, 3.05) is 17.4 Å². The number of nitrogens with zero attached hydrogens (tertiary/aromatic N) is 2. The Morgan fingerprint density at radius 1 is 1.07 bits per heavy atom. The van der Waals surface area contributed by atoms with Crippen molar-refractivity contribution in [3.05, 3.63) is 65.1 Å². The average molecular weight is 390 g/mol. The highest BCUT2D eigenvalue weighted by molar-refractivity contribution is 6.03. The van der Waals surface area contributed by atoms with Gasteiger partial charge in [-0.05, 0) is 43.5 Å². The molecule has 7 heteroatoms. The van der Waals surface area contributed by atoms with Crippen LogP contribution in [0.5, 0.6) is 11.5 Å². The molecule has 0 saturated carbocycles. The van der Waals surface area contributed by atoms with Crippen molar-refractivity contribution in [1.29, 1.82) is 0 Å². The lowest BCUT2D eigenvalue weighted by atomic mass is 10.1. The van der Waals surface area contributed by atoms with Crippen LogP contribution in [-0.2, 0) is 6.42 Å². The Bertz CT molecular complexity index is 1080. The van der Waals surface area contributed by atoms with Crippen molar-refractivity contribution in [2.24, 2.45) is 0 Å². The van der Waals surface area contributed by atoms with Crippen LogP contribution in [0.2, 0.25) is 0 Å². The fourth-order valence-electron chi connectivity index (χ4n) is 3.25. The van der Waals surface area contributed by atoms with Crippen LogP contribution in [-0.4, -0.2) is 22.7 Å². The molecule has 0 radical (unpaired) electrons. The minimum Gasteiger partial charge on any atom is -0.454 e. The van der Waals surface area contributed by atoms with E-state index in [1.54, 1.807) is 31.2 Å². The van der Waals surface area contributed by atoms with Gasteiger partial charge in [-0.25, -0.2) is 9.97 Å². The van der Waals surface area contributed by atoms with Crippen LogP contribution in [0.15, 0.2) is 42.5 Å². The number of ether oxygens (including phenoxy) is 2. The molecule has 0 atom stereocenters. The molecule has 7 nitrogen and oxygen atoms in total. The number of para-hydroxylation sites is 1. The molecule has 0 bridgehead atoms. The molecule has 0 spiro atoms. The van der Waals surface area contributed by atoms with E-state index in [-0.39, 0.29) is 18.4 Å². The number of rotatable bonds is 5. The molecular weight excluding hydrogens is 368 g/mol. The number of benzene rings is 2. The largest absolute Gasteiger partial charge is 0.454 e. The molecule has 2 heterocycles. The minimum atomic E-state index is -0.321. The van der Waals surface area contributed by atoms with E-state index in [0.717, 1.165) is 17.7 Å². The van der Waals surface area contributed by atoms with E-state index >= 15 is 0 Å². The Morgan fingerprint density at radius 2 is 1.90 bits per heavy atom. The molecule has 0 fully saturated rings. The van der Waals surface area contributed by atoms with Gasteiger partial charge in [0.05, 0.1) is 0 Å². The number of hydrogen-bond acceptors (Lipinski definition) is 6. The molecule has 2 N–H and O–H groups in total. The summed E-state index contributed by atoms with van der Waals surface area (Å²) >= 11 is 0. The number of fused-ring (bicyclic) bond motifs is 1. The van der Waals surface area contributed by atoms with Gasteiger partial charge in [0.2, 0.25) is 6.79 Å². The highest BCUT2D eigenvalue weighted by Crippen LogP contribution is 2.34. The van der Waals surface area contributed by atoms with E-state index < -0.39 is 0 Å². The first-order valence-corrected chi connectivity index (χ1v) is 9.45. The number of aryl methyl sites for hydroxylation is 3. The van der Waals surface area contributed by atoms with Crippen molar-refractivity contribution < 1.29 is 14.3 Å². The van der Waals surface area contributed by atoms with Crippen LogP contribution in [0, 0.1) is 13.8 Å². The number of aromatic nitrogens is 2. The molecule has 1 aliphatic heterocycles. The highest BCUT2D eigenvalue weighted by atomic mass is 16.7. The van der Waals surface area contributed by atoms with Crippen LogP contribution in [0.4, 0.5) is 17.2 Å². The molecule has 3 aromatic rings. The SMILES string of the molecule is CCc1cccc(C)c1Nc1cc(C(=O)Nc2ccc3c(c2)OCO3)nc(C)n1. The number of hydrogen-bond donors (Lipinski definition) is 2. The zero-order valence-corrected chi connectivity index (χ0v) is 16.6. The van der Waals surface area contributed by atoms with Gasteiger partial charge in [0.1, 0.15) is 17.3 Å². The Morgan fingerprint density at radius 3 is 2.72 bits per heavy atom. The number of carbonyl (C=O) groups excluding carboxylic acids is 1. The van der Waals surface area contributed by atoms with E-state index in [2.05, 4.69) is 33.6 Å². The van der Waals surface area contributed by atoms with Gasteiger partial charge >= 0.3 is 0 Å². The average Bonchev–Trinajstić information content (AvgIpc) is 3.17. The lowest BCUT2D eigenvalue weighted by Gasteiger charge is -2.14. The second kappa shape index (κ2) is 7.79. The summed E-state index contributed by atoms with van der Waals surface area (Å²) in [5.41, 5.74) is 4.20. The summed E-state index contributed by atoms with van der Waals surface area (Å²) in [6.07, 6.45) is 0.894. The van der Waals surface area contributed by atoms with E-state index in [1.165, 1.54) is 5.56 Å². The van der Waals surface area contributed by atoms with Gasteiger partial charge in [-0.1, -0.05) is 25.1 Å². The third kappa shape index (κ3) is 3.99. The topological polar surface area (TPSA) is 85.4 Å². The van der Waals surface area contributed by atoms with Gasteiger partial charge in [0.25, 0.3) is 5.91 Å². The van der Waals surface area contributed by atoms with Crippen LogP contribution < -0.4 is 20.1 Å². The molecule has 148 valence electrons. The molecule has 0 unspecified atom stereocenters. The quantitative estimate of drug-likeness (QED) is 0.672. The molecule has 1 amide bonds. The van der Waals surface area contributed by atoms with Crippen LogP contribution in [0.1, 0.15) is 34.4 Å². The Labute approximate surface area is 169 Å². The lowest BCUT2D eigenvalue weighted by molar-refractivity contribution is 0.102. The summed E-state index contributed by atoms with van der Waals surface area (Å²) in [5.74, 6) is 2.04. The fraction of sp³-hybridized carbons (Fsp3) is 0.227. The second-order valence-corrected chi connectivity index (χ2v) is 6.80. The van der Waals surface area contributed by atoms with Crippen LogP contribution >= 0.6 is 0 Å². The fourth-order valence-corrected chi connectivity index (χ4v) is 3.25. The molecule has 0 saturated heterocycles. The minimum absolute atomic E-state index is 0.186. The summed E-state index contributed by atoms with van der Waals surface area (Å²) < 4.78 is 10.7. The predicted molar refractivity (Wildman–Crippen MR) is 111 cm³/mol. The highest BCUT2D eigenvalue weighted by Gasteiger charge is 2.16. The third-order valence-electron chi connectivity index (χ3n) is 4.69. The summed E-state index contributed by atoms with van der Waals surface area (Å²) in [4.78, 5) is 21.5. The van der Waals surface area contributed by atoms with E-state index in [1.807, 2.05) is 19.1 Å². The van der Waals surface area contributed by atoms with Gasteiger partial charge < -0.3 is 20.1 Å². The first-order chi connectivity index (χ1) is 14.0. The van der Waals surface area contributed by atoms with Crippen LogP contribution in [0.25, 0.3) is 0 Å². The summed E-state index contributed by atoms with van der Waals surface area (Å²) in [7, 11) is 0. The standard InChI is InChI=1S/C22H22N4O3/c1-4-15-7-5-6-13(2)21(15)26-20-11-17(23-14(3)24-20)22(27)25-16-8-9-18-19(10-16)29-12-28-18/h5-11H,4,12H2,1-3H3,(H,25,27)(H,23,24,26). The lowest BCUT2D eigenvalue weighted by Crippen LogP contribution is -2.15. The first kappa shape index (κ1) is 18.7. The third-order valence-corrected chi connectivity index (χ3v) is 4.69. The van der Waals surface area contributed by atoms with Crippen molar-refractivity contribution in [2.45, 2.75) is 27.2 Å². The number of carbonyl (C=O) groups is 1. The zero-order chi connectivity index (χ0) is 20.4. The van der Waals surface area contributed by atoms with Crippen molar-refractivity contribution in [3.8, 4) is 11.5 Å². The number of amides is 1. The summed E-state index contributed by atoms with van der Waals surface area (Å²) in [6, 6.07) is 13.1. The first-order valence-electron chi connectivity index (χ1n) is 9.45. The maximum absolute atomic E-state index is 12.8.